The van der Waals surface area contributed by atoms with Gasteiger partial charge in [0.25, 0.3) is 11.8 Å². The molecule has 1 aliphatic rings. The molecule has 4 amide bonds. The van der Waals surface area contributed by atoms with Crippen LogP contribution in [0.5, 0.6) is 0 Å². The van der Waals surface area contributed by atoms with Gasteiger partial charge in [0.1, 0.15) is 5.57 Å². The second-order valence-electron chi connectivity index (χ2n) is 5.80. The zero-order valence-corrected chi connectivity index (χ0v) is 15.3. The maximum Gasteiger partial charge on any atom is 0.335 e. The smallest absolute Gasteiger partial charge is 0.273 e. The van der Waals surface area contributed by atoms with Crippen LogP contribution < -0.4 is 10.2 Å². The maximum atomic E-state index is 12.9. The monoisotopic (exact) mass is 398 g/mol. The van der Waals surface area contributed by atoms with Gasteiger partial charge in [-0.3, -0.25) is 14.9 Å². The number of carbonyl (C=O) groups is 3. The summed E-state index contributed by atoms with van der Waals surface area (Å²) in [6.45, 7) is 3.68. The number of halogens is 1. The standard InChI is InChI=1S/C19H15BrN2O3/c1-11-6-7-12(2)16(8-11)22-18(24)15(17(23)21-19(22)25)10-13-4-3-5-14(20)9-13/h3-10H,1-2H3,(H,21,23,25)/b15-10+. The van der Waals surface area contributed by atoms with E-state index in [9.17, 15) is 14.4 Å². The van der Waals surface area contributed by atoms with Crippen molar-refractivity contribution in [3.8, 4) is 0 Å². The summed E-state index contributed by atoms with van der Waals surface area (Å²) < 4.78 is 0.827. The van der Waals surface area contributed by atoms with E-state index in [2.05, 4.69) is 21.2 Å². The Morgan fingerprint density at radius 1 is 1.04 bits per heavy atom. The van der Waals surface area contributed by atoms with Gasteiger partial charge in [-0.15, -0.1) is 0 Å². The van der Waals surface area contributed by atoms with Gasteiger partial charge >= 0.3 is 6.03 Å². The number of anilines is 1. The van der Waals surface area contributed by atoms with E-state index in [1.165, 1.54) is 6.08 Å². The number of imide groups is 2. The number of benzene rings is 2. The number of nitrogens with zero attached hydrogens (tertiary/aromatic N) is 1. The molecule has 0 atom stereocenters. The molecule has 0 radical (unpaired) electrons. The van der Waals surface area contributed by atoms with Crippen LogP contribution in [0.3, 0.4) is 0 Å². The van der Waals surface area contributed by atoms with Gasteiger partial charge in [-0.1, -0.05) is 40.2 Å². The number of nitrogens with one attached hydrogen (secondary N) is 1. The van der Waals surface area contributed by atoms with Gasteiger partial charge in [0, 0.05) is 4.47 Å². The number of hydrogen-bond donors (Lipinski definition) is 1. The van der Waals surface area contributed by atoms with E-state index in [-0.39, 0.29) is 5.57 Å². The van der Waals surface area contributed by atoms with Crippen LogP contribution in [0.4, 0.5) is 10.5 Å². The van der Waals surface area contributed by atoms with Crippen molar-refractivity contribution in [1.29, 1.82) is 0 Å². The molecule has 0 aromatic heterocycles. The average molecular weight is 399 g/mol. The lowest BCUT2D eigenvalue weighted by Gasteiger charge is -2.27. The van der Waals surface area contributed by atoms with Crippen LogP contribution in [0.2, 0.25) is 0 Å². The molecule has 5 nitrogen and oxygen atoms in total. The maximum absolute atomic E-state index is 12.9. The Bertz CT molecular complexity index is 934. The highest BCUT2D eigenvalue weighted by Crippen LogP contribution is 2.26. The minimum atomic E-state index is -0.741. The predicted octanol–water partition coefficient (Wildman–Crippen LogP) is 3.73. The first-order valence-electron chi connectivity index (χ1n) is 7.61. The Morgan fingerprint density at radius 3 is 2.52 bits per heavy atom. The summed E-state index contributed by atoms with van der Waals surface area (Å²) in [6.07, 6.45) is 1.48. The summed E-state index contributed by atoms with van der Waals surface area (Å²) in [4.78, 5) is 38.3. The van der Waals surface area contributed by atoms with Gasteiger partial charge in [0.05, 0.1) is 5.69 Å². The molecule has 0 unspecified atom stereocenters. The van der Waals surface area contributed by atoms with E-state index in [4.69, 9.17) is 0 Å². The van der Waals surface area contributed by atoms with Crippen LogP contribution in [0.15, 0.2) is 52.5 Å². The molecule has 1 saturated heterocycles. The molecule has 1 N–H and O–H groups in total. The fourth-order valence-electron chi connectivity index (χ4n) is 2.60. The van der Waals surface area contributed by atoms with Crippen LogP contribution in [0, 0.1) is 13.8 Å². The Kier molecular flexibility index (Phi) is 4.55. The van der Waals surface area contributed by atoms with Gasteiger partial charge in [-0.05, 0) is 54.8 Å². The number of aryl methyl sites for hydroxylation is 2. The van der Waals surface area contributed by atoms with Crippen LogP contribution >= 0.6 is 15.9 Å². The third-order valence-electron chi connectivity index (χ3n) is 3.87. The van der Waals surface area contributed by atoms with Crippen LogP contribution in [0.1, 0.15) is 16.7 Å². The number of urea groups is 1. The largest absolute Gasteiger partial charge is 0.335 e. The predicted molar refractivity (Wildman–Crippen MR) is 99.1 cm³/mol. The first kappa shape index (κ1) is 17.1. The molecule has 0 aliphatic carbocycles. The summed E-state index contributed by atoms with van der Waals surface area (Å²) in [5.41, 5.74) is 2.75. The number of barbiturate groups is 1. The molecule has 1 fully saturated rings. The lowest BCUT2D eigenvalue weighted by molar-refractivity contribution is -0.122. The highest BCUT2D eigenvalue weighted by Gasteiger charge is 2.37. The molecule has 25 heavy (non-hydrogen) atoms. The molecule has 2 aromatic carbocycles. The SMILES string of the molecule is Cc1ccc(C)c(N2C(=O)NC(=O)/C(=C\c3cccc(Br)c3)C2=O)c1. The van der Waals surface area contributed by atoms with Crippen LogP contribution in [-0.4, -0.2) is 17.8 Å². The lowest BCUT2D eigenvalue weighted by atomic mass is 10.0. The average Bonchev–Trinajstić information content (AvgIpc) is 2.54. The van der Waals surface area contributed by atoms with Crippen molar-refractivity contribution in [1.82, 2.24) is 5.32 Å². The highest BCUT2D eigenvalue weighted by atomic mass is 79.9. The lowest BCUT2D eigenvalue weighted by Crippen LogP contribution is -2.54. The first-order chi connectivity index (χ1) is 11.9. The second kappa shape index (κ2) is 6.64. The first-order valence-corrected chi connectivity index (χ1v) is 8.40. The molecule has 6 heteroatoms. The number of hydrogen-bond acceptors (Lipinski definition) is 3. The van der Waals surface area contributed by atoms with Crippen molar-refractivity contribution in [2.75, 3.05) is 4.90 Å². The second-order valence-corrected chi connectivity index (χ2v) is 6.72. The molecular weight excluding hydrogens is 384 g/mol. The van der Waals surface area contributed by atoms with Gasteiger partial charge in [0.15, 0.2) is 0 Å². The molecule has 1 aliphatic heterocycles. The van der Waals surface area contributed by atoms with Crippen molar-refractivity contribution >= 4 is 45.5 Å². The Balaban J connectivity index is 2.07. The quantitative estimate of drug-likeness (QED) is 0.618. The van der Waals surface area contributed by atoms with Crippen molar-refractivity contribution in [3.05, 3.63) is 69.2 Å². The topological polar surface area (TPSA) is 66.5 Å². The molecule has 0 bridgehead atoms. The summed E-state index contributed by atoms with van der Waals surface area (Å²) in [5.74, 6) is -1.33. The van der Waals surface area contributed by atoms with E-state index >= 15 is 0 Å². The summed E-state index contributed by atoms with van der Waals surface area (Å²) in [6, 6.07) is 11.9. The van der Waals surface area contributed by atoms with E-state index in [1.54, 1.807) is 24.3 Å². The Labute approximate surface area is 153 Å². The van der Waals surface area contributed by atoms with E-state index < -0.39 is 17.8 Å². The minimum Gasteiger partial charge on any atom is -0.273 e. The van der Waals surface area contributed by atoms with Crippen molar-refractivity contribution < 1.29 is 14.4 Å². The van der Waals surface area contributed by atoms with Gasteiger partial charge < -0.3 is 0 Å². The van der Waals surface area contributed by atoms with Gasteiger partial charge in [-0.2, -0.15) is 0 Å². The third-order valence-corrected chi connectivity index (χ3v) is 4.36. The van der Waals surface area contributed by atoms with Crippen LogP contribution in [0.25, 0.3) is 6.08 Å². The molecule has 0 saturated carbocycles. The fourth-order valence-corrected chi connectivity index (χ4v) is 3.02. The molecule has 1 heterocycles. The van der Waals surface area contributed by atoms with Crippen molar-refractivity contribution in [2.24, 2.45) is 0 Å². The number of amides is 4. The van der Waals surface area contributed by atoms with Crippen molar-refractivity contribution in [2.45, 2.75) is 13.8 Å². The van der Waals surface area contributed by atoms with Gasteiger partial charge in [0.2, 0.25) is 0 Å². The molecule has 3 rings (SSSR count). The molecule has 126 valence electrons. The fraction of sp³-hybridized carbons (Fsp3) is 0.105. The molecular formula is C19H15BrN2O3. The summed E-state index contributed by atoms with van der Waals surface area (Å²) in [7, 11) is 0. The molecule has 2 aromatic rings. The van der Waals surface area contributed by atoms with E-state index in [1.807, 2.05) is 32.0 Å². The van der Waals surface area contributed by atoms with E-state index in [0.717, 1.165) is 20.5 Å². The minimum absolute atomic E-state index is 0.0846. The third kappa shape index (κ3) is 3.39. The Morgan fingerprint density at radius 2 is 1.80 bits per heavy atom. The summed E-state index contributed by atoms with van der Waals surface area (Å²) in [5, 5.41) is 2.24. The zero-order valence-electron chi connectivity index (χ0n) is 13.7. The van der Waals surface area contributed by atoms with Crippen molar-refractivity contribution in [3.63, 3.8) is 0 Å². The summed E-state index contributed by atoms with van der Waals surface area (Å²) >= 11 is 3.35. The van der Waals surface area contributed by atoms with Crippen LogP contribution in [-0.2, 0) is 9.59 Å². The highest BCUT2D eigenvalue weighted by molar-refractivity contribution is 9.10. The normalized spacial score (nSPS) is 16.4. The van der Waals surface area contributed by atoms with Gasteiger partial charge in [-0.25, -0.2) is 9.69 Å². The number of rotatable bonds is 2. The zero-order chi connectivity index (χ0) is 18.1. The Hall–Kier alpha value is -2.73. The molecule has 0 spiro atoms. The number of carbonyl (C=O) groups excluding carboxylic acids is 3. The van der Waals surface area contributed by atoms with E-state index in [0.29, 0.717) is 11.3 Å².